The Bertz CT molecular complexity index is 523. The monoisotopic (exact) mass is 310 g/mol. The quantitative estimate of drug-likeness (QED) is 0.688. The van der Waals surface area contributed by atoms with Gasteiger partial charge in [0.05, 0.1) is 18.5 Å². The smallest absolute Gasteiger partial charge is 0.190 e. The molecule has 0 bridgehead atoms. The summed E-state index contributed by atoms with van der Waals surface area (Å²) in [4.78, 5) is 0. The van der Waals surface area contributed by atoms with Crippen LogP contribution in [0.5, 0.6) is 0 Å². The molecule has 0 aromatic carbocycles. The van der Waals surface area contributed by atoms with E-state index in [0.29, 0.717) is 12.5 Å². The van der Waals surface area contributed by atoms with Crippen molar-refractivity contribution in [2.75, 3.05) is 6.61 Å². The molecule has 0 radical (unpaired) electrons. The molecule has 0 saturated carbocycles. The molecule has 5 nitrogen and oxygen atoms in total. The molecule has 0 aromatic rings. The minimum Gasteiger partial charge on any atom is -0.492 e. The molecule has 4 aliphatic heterocycles. The van der Waals surface area contributed by atoms with Gasteiger partial charge in [0.15, 0.2) is 12.1 Å². The average molecular weight is 310 g/mol. The normalized spacial score (nSPS) is 48.5. The van der Waals surface area contributed by atoms with E-state index in [9.17, 15) is 0 Å². The fourth-order valence-corrected chi connectivity index (χ4v) is 4.50. The van der Waals surface area contributed by atoms with Crippen LogP contribution in [0.3, 0.4) is 0 Å². The van der Waals surface area contributed by atoms with E-state index < -0.39 is 5.79 Å². The van der Waals surface area contributed by atoms with Crippen LogP contribution in [0.25, 0.3) is 0 Å². The summed E-state index contributed by atoms with van der Waals surface area (Å²) in [6.07, 6.45) is -0.560. The molecule has 0 spiro atoms. The first-order chi connectivity index (χ1) is 10.2. The molecule has 22 heavy (non-hydrogen) atoms. The Morgan fingerprint density at radius 3 is 2.41 bits per heavy atom. The Morgan fingerprint density at radius 1 is 0.955 bits per heavy atom. The molecular weight excluding hydrogens is 284 g/mol. The zero-order valence-electron chi connectivity index (χ0n) is 14.2. The highest BCUT2D eigenvalue weighted by Gasteiger charge is 2.62. The predicted octanol–water partition coefficient (Wildman–Crippen LogP) is 2.60. The van der Waals surface area contributed by atoms with E-state index in [-0.39, 0.29) is 36.1 Å². The molecule has 5 heteroatoms. The first-order valence-corrected chi connectivity index (χ1v) is 8.19. The Labute approximate surface area is 131 Å². The molecule has 6 atom stereocenters. The van der Waals surface area contributed by atoms with Gasteiger partial charge in [-0.3, -0.25) is 0 Å². The van der Waals surface area contributed by atoms with Crippen LogP contribution in [0.4, 0.5) is 0 Å². The van der Waals surface area contributed by atoms with Crippen LogP contribution in [0.2, 0.25) is 0 Å². The summed E-state index contributed by atoms with van der Waals surface area (Å²) in [6.45, 7) is 13.0. The first kappa shape index (κ1) is 14.9. The van der Waals surface area contributed by atoms with Gasteiger partial charge >= 0.3 is 0 Å². The number of fused-ring (bicyclic) bond motifs is 5. The lowest BCUT2D eigenvalue weighted by molar-refractivity contribution is -0.248. The summed E-state index contributed by atoms with van der Waals surface area (Å²) >= 11 is 0. The van der Waals surface area contributed by atoms with E-state index in [1.54, 1.807) is 0 Å². The lowest BCUT2D eigenvalue weighted by Gasteiger charge is -2.50. The second-order valence-electron chi connectivity index (χ2n) is 7.94. The third-order valence-corrected chi connectivity index (χ3v) is 5.65. The second kappa shape index (κ2) is 4.47. The van der Waals surface area contributed by atoms with E-state index >= 15 is 0 Å². The summed E-state index contributed by atoms with van der Waals surface area (Å²) in [5.74, 6) is 0.985. The third-order valence-electron chi connectivity index (χ3n) is 5.65. The third kappa shape index (κ3) is 1.99. The Kier molecular flexibility index (Phi) is 3.04. The van der Waals surface area contributed by atoms with Gasteiger partial charge in [0.2, 0.25) is 0 Å². The molecule has 124 valence electrons. The van der Waals surface area contributed by atoms with Gasteiger partial charge in [-0.05, 0) is 47.1 Å². The SMILES string of the molecule is CC1=C(C)[C@@H]2[C@H]3O[C@@H]4OC(C)(C)O[C@@H]4[C@H]3OC[C@@H]2C(C)(C)O1. The maximum atomic E-state index is 6.24. The number of ether oxygens (including phenoxy) is 5. The molecule has 0 unspecified atom stereocenters. The molecule has 4 aliphatic rings. The minimum absolute atomic E-state index is 0.0250. The van der Waals surface area contributed by atoms with Crippen LogP contribution >= 0.6 is 0 Å². The fraction of sp³-hybridized carbons (Fsp3) is 0.882. The van der Waals surface area contributed by atoms with Crippen molar-refractivity contribution in [1.82, 2.24) is 0 Å². The van der Waals surface area contributed by atoms with Crippen molar-refractivity contribution in [3.63, 3.8) is 0 Å². The van der Waals surface area contributed by atoms with Crippen molar-refractivity contribution >= 4 is 0 Å². The molecule has 3 fully saturated rings. The van der Waals surface area contributed by atoms with Crippen molar-refractivity contribution in [1.29, 1.82) is 0 Å². The van der Waals surface area contributed by atoms with Crippen LogP contribution in [0.1, 0.15) is 41.5 Å². The molecule has 4 rings (SSSR count). The Morgan fingerprint density at radius 2 is 1.68 bits per heavy atom. The maximum absolute atomic E-state index is 6.24. The maximum Gasteiger partial charge on any atom is 0.190 e. The zero-order chi connectivity index (χ0) is 15.9. The van der Waals surface area contributed by atoms with Crippen LogP contribution in [-0.4, -0.2) is 42.6 Å². The van der Waals surface area contributed by atoms with Crippen molar-refractivity contribution in [3.05, 3.63) is 11.3 Å². The molecule has 4 heterocycles. The van der Waals surface area contributed by atoms with Gasteiger partial charge in [-0.15, -0.1) is 0 Å². The highest BCUT2D eigenvalue weighted by atomic mass is 16.8. The molecule has 0 aromatic heterocycles. The first-order valence-electron chi connectivity index (χ1n) is 8.19. The molecule has 0 amide bonds. The van der Waals surface area contributed by atoms with Gasteiger partial charge in [0, 0.05) is 11.8 Å². The van der Waals surface area contributed by atoms with Gasteiger partial charge in [0.1, 0.15) is 17.8 Å². The highest BCUT2D eigenvalue weighted by molar-refractivity contribution is 5.21. The second-order valence-corrected chi connectivity index (χ2v) is 7.94. The molecule has 3 saturated heterocycles. The summed E-state index contributed by atoms with van der Waals surface area (Å²) in [6, 6.07) is 0. The van der Waals surface area contributed by atoms with Crippen molar-refractivity contribution in [2.45, 2.75) is 77.5 Å². The van der Waals surface area contributed by atoms with Crippen molar-refractivity contribution in [2.24, 2.45) is 11.8 Å². The number of hydrogen-bond donors (Lipinski definition) is 0. The van der Waals surface area contributed by atoms with E-state index in [1.807, 2.05) is 20.8 Å². The van der Waals surface area contributed by atoms with Gasteiger partial charge < -0.3 is 23.7 Å². The molecule has 0 aliphatic carbocycles. The van der Waals surface area contributed by atoms with Gasteiger partial charge in [0.25, 0.3) is 0 Å². The predicted molar refractivity (Wildman–Crippen MR) is 79.0 cm³/mol. The average Bonchev–Trinajstić information content (AvgIpc) is 2.86. The van der Waals surface area contributed by atoms with E-state index in [4.69, 9.17) is 23.7 Å². The topological polar surface area (TPSA) is 46.2 Å². The number of hydrogen-bond acceptors (Lipinski definition) is 5. The Hall–Kier alpha value is -0.620. The molecule has 0 N–H and O–H groups in total. The summed E-state index contributed by atoms with van der Waals surface area (Å²) in [5, 5.41) is 0. The van der Waals surface area contributed by atoms with Crippen molar-refractivity contribution < 1.29 is 23.7 Å². The van der Waals surface area contributed by atoms with Crippen LogP contribution in [0, 0.1) is 11.8 Å². The van der Waals surface area contributed by atoms with Crippen LogP contribution < -0.4 is 0 Å². The van der Waals surface area contributed by atoms with E-state index in [2.05, 4.69) is 20.8 Å². The lowest BCUT2D eigenvalue weighted by Crippen LogP contribution is -2.57. The van der Waals surface area contributed by atoms with Gasteiger partial charge in [-0.2, -0.15) is 0 Å². The Balaban J connectivity index is 1.67. The van der Waals surface area contributed by atoms with Crippen LogP contribution in [-0.2, 0) is 23.7 Å². The van der Waals surface area contributed by atoms with Crippen molar-refractivity contribution in [3.8, 4) is 0 Å². The van der Waals surface area contributed by atoms with E-state index in [1.165, 1.54) is 5.57 Å². The number of rotatable bonds is 0. The largest absolute Gasteiger partial charge is 0.492 e. The van der Waals surface area contributed by atoms with Gasteiger partial charge in [-0.25, -0.2) is 0 Å². The standard InChI is InChI=1S/C17H26O5/c1-8-9(2)20-16(3,4)10-7-18-13-12(11(8)10)19-15-14(13)21-17(5,6)22-15/h10-15H,7H2,1-6H3/t10-,11-,12+,13-,14+,15+/m0/s1. The van der Waals surface area contributed by atoms with Crippen LogP contribution in [0.15, 0.2) is 11.3 Å². The lowest BCUT2D eigenvalue weighted by atomic mass is 9.69. The van der Waals surface area contributed by atoms with E-state index in [0.717, 1.165) is 5.76 Å². The summed E-state index contributed by atoms with van der Waals surface area (Å²) in [5.41, 5.74) is 1.02. The number of allylic oxidation sites excluding steroid dienone is 1. The minimum atomic E-state index is -0.601. The fourth-order valence-electron chi connectivity index (χ4n) is 4.50. The van der Waals surface area contributed by atoms with Gasteiger partial charge in [-0.1, -0.05) is 0 Å². The summed E-state index contributed by atoms with van der Waals surface area (Å²) < 4.78 is 30.4. The highest BCUT2D eigenvalue weighted by Crippen LogP contribution is 2.51. The molecular formula is C17H26O5. The zero-order valence-corrected chi connectivity index (χ0v) is 14.2. The summed E-state index contributed by atoms with van der Waals surface area (Å²) in [7, 11) is 0.